The van der Waals surface area contributed by atoms with E-state index in [1.54, 1.807) is 0 Å². The first-order valence-corrected chi connectivity index (χ1v) is 5.43. The molecule has 0 unspecified atom stereocenters. The number of Topliss-reactive ketones (excluding diaryl/α,β-unsaturated/α-hetero) is 1. The Labute approximate surface area is 81.2 Å². The standard InChI is InChI=1S/C12H20O/c1-3-7-11-10(4-2)8-5-6-9-12(11)13/h3,10-11H,1,4-9H2,2H3/t10-,11+/m0/s1. The molecule has 0 spiro atoms. The van der Waals surface area contributed by atoms with Gasteiger partial charge in [-0.05, 0) is 25.2 Å². The summed E-state index contributed by atoms with van der Waals surface area (Å²) in [5, 5.41) is 0. The zero-order valence-corrected chi connectivity index (χ0v) is 8.59. The molecule has 1 aliphatic carbocycles. The minimum absolute atomic E-state index is 0.282. The van der Waals surface area contributed by atoms with Crippen LogP contribution >= 0.6 is 0 Å². The van der Waals surface area contributed by atoms with Gasteiger partial charge in [0, 0.05) is 12.3 Å². The molecule has 1 heteroatoms. The lowest BCUT2D eigenvalue weighted by atomic mass is 9.83. The average Bonchev–Trinajstić information content (AvgIpc) is 2.30. The van der Waals surface area contributed by atoms with Crippen molar-refractivity contribution in [3.63, 3.8) is 0 Å². The Bertz CT molecular complexity index is 184. The quantitative estimate of drug-likeness (QED) is 0.481. The molecule has 0 amide bonds. The zero-order valence-electron chi connectivity index (χ0n) is 8.59. The number of hydrogen-bond acceptors (Lipinski definition) is 1. The third-order valence-electron chi connectivity index (χ3n) is 3.18. The summed E-state index contributed by atoms with van der Waals surface area (Å²) in [4.78, 5) is 11.7. The van der Waals surface area contributed by atoms with Crippen molar-refractivity contribution in [2.24, 2.45) is 11.8 Å². The van der Waals surface area contributed by atoms with Gasteiger partial charge in [-0.3, -0.25) is 4.79 Å². The smallest absolute Gasteiger partial charge is 0.136 e. The summed E-state index contributed by atoms with van der Waals surface area (Å²) in [5.41, 5.74) is 0. The fourth-order valence-corrected chi connectivity index (χ4v) is 2.35. The van der Waals surface area contributed by atoms with Gasteiger partial charge in [-0.1, -0.05) is 25.8 Å². The molecule has 13 heavy (non-hydrogen) atoms. The molecule has 0 aromatic carbocycles. The van der Waals surface area contributed by atoms with Crippen LogP contribution in [-0.4, -0.2) is 5.78 Å². The summed E-state index contributed by atoms with van der Waals surface area (Å²) in [7, 11) is 0. The molecule has 0 saturated heterocycles. The molecule has 1 fully saturated rings. The SMILES string of the molecule is C=CC[C@H]1C(=O)CCCC[C@@H]1CC. The van der Waals surface area contributed by atoms with Gasteiger partial charge in [0.05, 0.1) is 0 Å². The van der Waals surface area contributed by atoms with Crippen molar-refractivity contribution in [2.45, 2.75) is 45.4 Å². The second-order valence-corrected chi connectivity index (χ2v) is 4.01. The molecule has 0 N–H and O–H groups in total. The van der Waals surface area contributed by atoms with E-state index < -0.39 is 0 Å². The number of ketones is 1. The second-order valence-electron chi connectivity index (χ2n) is 4.01. The fourth-order valence-electron chi connectivity index (χ4n) is 2.35. The molecule has 1 aliphatic rings. The molecular formula is C12H20O. The monoisotopic (exact) mass is 180 g/mol. The van der Waals surface area contributed by atoms with Gasteiger partial charge in [0.2, 0.25) is 0 Å². The Balaban J connectivity index is 2.66. The molecule has 74 valence electrons. The van der Waals surface area contributed by atoms with Crippen molar-refractivity contribution in [2.75, 3.05) is 0 Å². The van der Waals surface area contributed by atoms with E-state index in [9.17, 15) is 4.79 Å². The molecule has 1 rings (SSSR count). The highest BCUT2D eigenvalue weighted by molar-refractivity contribution is 5.81. The highest BCUT2D eigenvalue weighted by Crippen LogP contribution is 2.31. The van der Waals surface area contributed by atoms with Gasteiger partial charge in [-0.2, -0.15) is 0 Å². The van der Waals surface area contributed by atoms with E-state index >= 15 is 0 Å². The first-order chi connectivity index (χ1) is 6.29. The minimum Gasteiger partial charge on any atom is -0.299 e. The van der Waals surface area contributed by atoms with E-state index in [0.29, 0.717) is 11.7 Å². The van der Waals surface area contributed by atoms with E-state index in [2.05, 4.69) is 13.5 Å². The number of carbonyl (C=O) groups excluding carboxylic acids is 1. The van der Waals surface area contributed by atoms with Crippen molar-refractivity contribution in [1.29, 1.82) is 0 Å². The van der Waals surface area contributed by atoms with Gasteiger partial charge in [-0.15, -0.1) is 6.58 Å². The lowest BCUT2D eigenvalue weighted by molar-refractivity contribution is -0.124. The van der Waals surface area contributed by atoms with Gasteiger partial charge in [0.15, 0.2) is 0 Å². The predicted molar refractivity (Wildman–Crippen MR) is 55.6 cm³/mol. The number of allylic oxidation sites excluding steroid dienone is 1. The molecule has 2 atom stereocenters. The number of carbonyl (C=O) groups is 1. The van der Waals surface area contributed by atoms with Crippen LogP contribution in [0.1, 0.15) is 45.4 Å². The normalized spacial score (nSPS) is 29.8. The van der Waals surface area contributed by atoms with Crippen molar-refractivity contribution in [1.82, 2.24) is 0 Å². The van der Waals surface area contributed by atoms with Gasteiger partial charge in [0.1, 0.15) is 5.78 Å². The van der Waals surface area contributed by atoms with E-state index in [1.165, 1.54) is 12.8 Å². The highest BCUT2D eigenvalue weighted by Gasteiger charge is 2.27. The van der Waals surface area contributed by atoms with E-state index in [-0.39, 0.29) is 5.92 Å². The summed E-state index contributed by atoms with van der Waals surface area (Å²) in [5.74, 6) is 1.38. The van der Waals surface area contributed by atoms with Crippen LogP contribution in [0.4, 0.5) is 0 Å². The van der Waals surface area contributed by atoms with Crippen LogP contribution in [0, 0.1) is 11.8 Å². The first kappa shape index (κ1) is 10.5. The van der Waals surface area contributed by atoms with E-state index in [1.807, 2.05) is 6.08 Å². The first-order valence-electron chi connectivity index (χ1n) is 5.43. The molecule has 0 radical (unpaired) electrons. The maximum Gasteiger partial charge on any atom is 0.136 e. The molecular weight excluding hydrogens is 160 g/mol. The molecule has 0 heterocycles. The Morgan fingerprint density at radius 2 is 2.31 bits per heavy atom. The maximum absolute atomic E-state index is 11.7. The van der Waals surface area contributed by atoms with Crippen molar-refractivity contribution < 1.29 is 4.79 Å². The fraction of sp³-hybridized carbons (Fsp3) is 0.750. The van der Waals surface area contributed by atoms with Gasteiger partial charge >= 0.3 is 0 Å². The van der Waals surface area contributed by atoms with Crippen LogP contribution in [0.25, 0.3) is 0 Å². The lowest BCUT2D eigenvalue weighted by Crippen LogP contribution is -2.20. The summed E-state index contributed by atoms with van der Waals surface area (Å²) in [6.45, 7) is 5.93. The van der Waals surface area contributed by atoms with E-state index in [0.717, 1.165) is 25.7 Å². The van der Waals surface area contributed by atoms with Crippen LogP contribution in [0.5, 0.6) is 0 Å². The molecule has 0 aromatic rings. The van der Waals surface area contributed by atoms with Crippen LogP contribution in [0.15, 0.2) is 12.7 Å². The Morgan fingerprint density at radius 1 is 1.54 bits per heavy atom. The number of rotatable bonds is 3. The molecule has 1 nitrogen and oxygen atoms in total. The van der Waals surface area contributed by atoms with Crippen LogP contribution < -0.4 is 0 Å². The van der Waals surface area contributed by atoms with Gasteiger partial charge in [0.25, 0.3) is 0 Å². The van der Waals surface area contributed by atoms with Crippen molar-refractivity contribution in [3.8, 4) is 0 Å². The zero-order chi connectivity index (χ0) is 9.68. The van der Waals surface area contributed by atoms with Crippen LogP contribution in [0.3, 0.4) is 0 Å². The number of hydrogen-bond donors (Lipinski definition) is 0. The summed E-state index contributed by atoms with van der Waals surface area (Å²) in [6.07, 6.45) is 8.30. The molecule has 0 aromatic heterocycles. The largest absolute Gasteiger partial charge is 0.299 e. The van der Waals surface area contributed by atoms with Crippen molar-refractivity contribution in [3.05, 3.63) is 12.7 Å². The Morgan fingerprint density at radius 3 is 2.92 bits per heavy atom. The molecule has 1 saturated carbocycles. The Kier molecular flexibility index (Phi) is 4.20. The molecule has 0 bridgehead atoms. The summed E-state index contributed by atoms with van der Waals surface area (Å²) >= 11 is 0. The third kappa shape index (κ3) is 2.68. The van der Waals surface area contributed by atoms with Gasteiger partial charge < -0.3 is 0 Å². The maximum atomic E-state index is 11.7. The lowest BCUT2D eigenvalue weighted by Gasteiger charge is -2.21. The van der Waals surface area contributed by atoms with Gasteiger partial charge in [-0.25, -0.2) is 0 Å². The van der Waals surface area contributed by atoms with Crippen molar-refractivity contribution >= 4 is 5.78 Å². The molecule has 0 aliphatic heterocycles. The topological polar surface area (TPSA) is 17.1 Å². The minimum atomic E-state index is 0.282. The van der Waals surface area contributed by atoms with Crippen LogP contribution in [-0.2, 0) is 4.79 Å². The van der Waals surface area contributed by atoms with Crippen LogP contribution in [0.2, 0.25) is 0 Å². The third-order valence-corrected chi connectivity index (χ3v) is 3.18. The average molecular weight is 180 g/mol. The highest BCUT2D eigenvalue weighted by atomic mass is 16.1. The van der Waals surface area contributed by atoms with E-state index in [4.69, 9.17) is 0 Å². The predicted octanol–water partition coefficient (Wildman–Crippen LogP) is 3.35. The summed E-state index contributed by atoms with van der Waals surface area (Å²) in [6, 6.07) is 0. The second kappa shape index (κ2) is 5.21. The summed E-state index contributed by atoms with van der Waals surface area (Å²) < 4.78 is 0. The Hall–Kier alpha value is -0.590.